The van der Waals surface area contributed by atoms with Crippen molar-refractivity contribution < 1.29 is 27.2 Å². The standard InChI is InChI=1S/C11H16N2O6S/c1-12(2)20(16,17)10-6-5-8(19-10)11(15)13(3)7-9(14)18-4/h5-6H,7H2,1-4H3. The SMILES string of the molecule is COC(=O)CN(C)C(=O)c1ccc(S(=O)(=O)N(C)C)o1. The van der Waals surface area contributed by atoms with Crippen LogP contribution in [0.4, 0.5) is 0 Å². The predicted octanol–water partition coefficient (Wildman–Crippen LogP) is -0.225. The fraction of sp³-hybridized carbons (Fsp3) is 0.455. The lowest BCUT2D eigenvalue weighted by Crippen LogP contribution is -2.32. The number of rotatable bonds is 5. The van der Waals surface area contributed by atoms with Gasteiger partial charge in [0.15, 0.2) is 5.76 Å². The van der Waals surface area contributed by atoms with Gasteiger partial charge in [-0.2, -0.15) is 0 Å². The van der Waals surface area contributed by atoms with Crippen LogP contribution in [0.1, 0.15) is 10.6 Å². The molecule has 1 aromatic rings. The van der Waals surface area contributed by atoms with Crippen LogP contribution in [0, 0.1) is 0 Å². The second-order valence-electron chi connectivity index (χ2n) is 4.14. The van der Waals surface area contributed by atoms with Crippen molar-refractivity contribution in [3.63, 3.8) is 0 Å². The summed E-state index contributed by atoms with van der Waals surface area (Å²) >= 11 is 0. The minimum absolute atomic E-state index is 0.170. The molecule has 0 aliphatic rings. The zero-order valence-corrected chi connectivity index (χ0v) is 12.4. The lowest BCUT2D eigenvalue weighted by atomic mass is 10.4. The van der Waals surface area contributed by atoms with Crippen LogP contribution in [0.25, 0.3) is 0 Å². The number of esters is 1. The third-order valence-electron chi connectivity index (χ3n) is 2.47. The summed E-state index contributed by atoms with van der Waals surface area (Å²) in [4.78, 5) is 24.1. The molecule has 20 heavy (non-hydrogen) atoms. The highest BCUT2D eigenvalue weighted by molar-refractivity contribution is 7.88. The molecule has 0 N–H and O–H groups in total. The van der Waals surface area contributed by atoms with Gasteiger partial charge in [-0.25, -0.2) is 12.7 Å². The molecule has 9 heteroatoms. The van der Waals surface area contributed by atoms with E-state index in [1.165, 1.54) is 40.4 Å². The highest BCUT2D eigenvalue weighted by Crippen LogP contribution is 2.17. The van der Waals surface area contributed by atoms with Crippen LogP contribution in [0.15, 0.2) is 21.6 Å². The zero-order chi connectivity index (χ0) is 15.5. The Kier molecular flexibility index (Phi) is 4.90. The topological polar surface area (TPSA) is 97.1 Å². The largest absolute Gasteiger partial charge is 0.468 e. The fourth-order valence-corrected chi connectivity index (χ4v) is 2.07. The van der Waals surface area contributed by atoms with Gasteiger partial charge < -0.3 is 14.1 Å². The maximum atomic E-state index is 11.9. The second-order valence-corrected chi connectivity index (χ2v) is 6.23. The number of likely N-dealkylation sites (N-methyl/N-ethyl adjacent to an activating group) is 1. The lowest BCUT2D eigenvalue weighted by Gasteiger charge is -2.13. The van der Waals surface area contributed by atoms with Crippen molar-refractivity contribution in [3.05, 3.63) is 17.9 Å². The minimum atomic E-state index is -3.74. The molecule has 0 spiro atoms. The average Bonchev–Trinajstić information content (AvgIpc) is 2.87. The van der Waals surface area contributed by atoms with E-state index in [4.69, 9.17) is 4.42 Å². The van der Waals surface area contributed by atoms with Gasteiger partial charge in [-0.05, 0) is 12.1 Å². The van der Waals surface area contributed by atoms with Gasteiger partial charge >= 0.3 is 5.97 Å². The van der Waals surface area contributed by atoms with Crippen molar-refractivity contribution in [3.8, 4) is 0 Å². The van der Waals surface area contributed by atoms with Crippen molar-refractivity contribution in [2.24, 2.45) is 0 Å². The van der Waals surface area contributed by atoms with Crippen LogP contribution in [-0.4, -0.2) is 64.3 Å². The molecule has 0 unspecified atom stereocenters. The van der Waals surface area contributed by atoms with E-state index in [1.807, 2.05) is 0 Å². The summed E-state index contributed by atoms with van der Waals surface area (Å²) in [6, 6.07) is 2.43. The molecule has 0 bridgehead atoms. The van der Waals surface area contributed by atoms with Crippen LogP contribution in [0.5, 0.6) is 0 Å². The molecule has 1 aromatic heterocycles. The molecule has 1 amide bonds. The Hall–Kier alpha value is -1.87. The number of methoxy groups -OCH3 is 1. The van der Waals surface area contributed by atoms with E-state index < -0.39 is 21.9 Å². The number of hydrogen-bond acceptors (Lipinski definition) is 6. The summed E-state index contributed by atoms with van der Waals surface area (Å²) in [7, 11) is 1.54. The van der Waals surface area contributed by atoms with E-state index in [2.05, 4.69) is 4.74 Å². The van der Waals surface area contributed by atoms with Crippen LogP contribution in [0.3, 0.4) is 0 Å². The summed E-state index contributed by atoms with van der Waals surface area (Å²) < 4.78 is 34.0. The molecule has 0 aliphatic carbocycles. The highest BCUT2D eigenvalue weighted by atomic mass is 32.2. The third kappa shape index (κ3) is 3.36. The monoisotopic (exact) mass is 304 g/mol. The number of carbonyl (C=O) groups excluding carboxylic acids is 2. The Labute approximate surface area is 116 Å². The number of furan rings is 1. The summed E-state index contributed by atoms with van der Waals surface area (Å²) in [5.74, 6) is -1.37. The third-order valence-corrected chi connectivity index (χ3v) is 4.16. The van der Waals surface area contributed by atoms with E-state index in [9.17, 15) is 18.0 Å². The van der Waals surface area contributed by atoms with Gasteiger partial charge in [0.2, 0.25) is 5.09 Å². The van der Waals surface area contributed by atoms with Crippen LogP contribution < -0.4 is 0 Å². The minimum Gasteiger partial charge on any atom is -0.468 e. The number of amides is 1. The molecule has 0 radical (unpaired) electrons. The zero-order valence-electron chi connectivity index (χ0n) is 11.6. The summed E-state index contributed by atoms with van der Waals surface area (Å²) in [5.41, 5.74) is 0. The van der Waals surface area contributed by atoms with E-state index in [1.54, 1.807) is 0 Å². The Morgan fingerprint density at radius 1 is 1.25 bits per heavy atom. The number of sulfonamides is 1. The quantitative estimate of drug-likeness (QED) is 0.697. The molecular weight excluding hydrogens is 288 g/mol. The van der Waals surface area contributed by atoms with Crippen LogP contribution in [-0.2, 0) is 19.6 Å². The summed E-state index contributed by atoms with van der Waals surface area (Å²) in [5, 5.41) is -0.336. The molecule has 1 rings (SSSR count). The first-order valence-electron chi connectivity index (χ1n) is 5.54. The van der Waals surface area contributed by atoms with Crippen LogP contribution >= 0.6 is 0 Å². The Balaban J connectivity index is 2.92. The van der Waals surface area contributed by atoms with Crippen molar-refractivity contribution in [1.29, 1.82) is 0 Å². The molecule has 0 aliphatic heterocycles. The molecule has 0 saturated heterocycles. The van der Waals surface area contributed by atoms with Crippen molar-refractivity contribution >= 4 is 21.9 Å². The Morgan fingerprint density at radius 2 is 1.85 bits per heavy atom. The molecule has 0 saturated carbocycles. The van der Waals surface area contributed by atoms with Gasteiger partial charge in [-0.15, -0.1) is 0 Å². The predicted molar refractivity (Wildman–Crippen MR) is 68.6 cm³/mol. The summed E-state index contributed by atoms with van der Waals surface area (Å²) in [6.45, 7) is -0.258. The molecule has 1 heterocycles. The van der Waals surface area contributed by atoms with Gasteiger partial charge in [0.05, 0.1) is 7.11 Å². The first kappa shape index (κ1) is 16.2. The van der Waals surface area contributed by atoms with Gasteiger partial charge in [-0.1, -0.05) is 0 Å². The molecule has 8 nitrogen and oxygen atoms in total. The first-order valence-corrected chi connectivity index (χ1v) is 6.98. The van der Waals surface area contributed by atoms with Gasteiger partial charge in [0.1, 0.15) is 6.54 Å². The van der Waals surface area contributed by atoms with Crippen LogP contribution in [0.2, 0.25) is 0 Å². The molecule has 112 valence electrons. The van der Waals surface area contributed by atoms with E-state index >= 15 is 0 Å². The van der Waals surface area contributed by atoms with E-state index in [-0.39, 0.29) is 17.4 Å². The highest BCUT2D eigenvalue weighted by Gasteiger charge is 2.25. The van der Waals surface area contributed by atoms with Gasteiger partial charge in [0, 0.05) is 21.1 Å². The molecule has 0 atom stereocenters. The number of carbonyl (C=O) groups is 2. The maximum Gasteiger partial charge on any atom is 0.325 e. The first-order chi connectivity index (χ1) is 9.20. The normalized spacial score (nSPS) is 11.4. The number of hydrogen-bond donors (Lipinski definition) is 0. The van der Waals surface area contributed by atoms with Crippen molar-refractivity contribution in [2.45, 2.75) is 5.09 Å². The second kappa shape index (κ2) is 6.06. The van der Waals surface area contributed by atoms with Gasteiger partial charge in [-0.3, -0.25) is 9.59 Å². The smallest absolute Gasteiger partial charge is 0.325 e. The fourth-order valence-electron chi connectivity index (χ4n) is 1.27. The van der Waals surface area contributed by atoms with Crippen molar-refractivity contribution in [1.82, 2.24) is 9.21 Å². The maximum absolute atomic E-state index is 11.9. The van der Waals surface area contributed by atoms with E-state index in [0.29, 0.717) is 0 Å². The molecule has 0 fully saturated rings. The van der Waals surface area contributed by atoms with Crippen molar-refractivity contribution in [2.75, 3.05) is 34.8 Å². The van der Waals surface area contributed by atoms with E-state index in [0.717, 1.165) is 9.21 Å². The summed E-state index contributed by atoms with van der Waals surface area (Å²) in [6.07, 6.45) is 0. The molecular formula is C11H16N2O6S. The Morgan fingerprint density at radius 3 is 2.35 bits per heavy atom. The Bertz CT molecular complexity index is 604. The number of nitrogens with zero attached hydrogens (tertiary/aromatic N) is 2. The molecule has 0 aromatic carbocycles. The lowest BCUT2D eigenvalue weighted by molar-refractivity contribution is -0.141. The van der Waals surface area contributed by atoms with Gasteiger partial charge in [0.25, 0.3) is 15.9 Å². The average molecular weight is 304 g/mol. The number of ether oxygens (including phenoxy) is 1.